The lowest BCUT2D eigenvalue weighted by Crippen LogP contribution is -2.59. The van der Waals surface area contributed by atoms with Crippen LogP contribution < -0.4 is 5.32 Å². The Kier molecular flexibility index (Phi) is 2.65. The summed E-state index contributed by atoms with van der Waals surface area (Å²) in [5.74, 6) is 3.38. The zero-order valence-corrected chi connectivity index (χ0v) is 12.2. The summed E-state index contributed by atoms with van der Waals surface area (Å²) >= 11 is 0. The van der Waals surface area contributed by atoms with Gasteiger partial charge in [0.15, 0.2) is 0 Å². The Morgan fingerprint density at radius 1 is 0.947 bits per heavy atom. The second-order valence-corrected chi connectivity index (χ2v) is 8.09. The largest absolute Gasteiger partial charge is 0.317 e. The summed E-state index contributed by atoms with van der Waals surface area (Å²) in [6.45, 7) is 4.01. The minimum absolute atomic E-state index is 0.0360. The van der Waals surface area contributed by atoms with E-state index in [2.05, 4.69) is 5.32 Å². The third-order valence-corrected chi connectivity index (χ3v) is 7.18. The second kappa shape index (κ2) is 4.07. The summed E-state index contributed by atoms with van der Waals surface area (Å²) in [4.78, 5) is 12.6. The molecule has 106 valence electrons. The maximum atomic E-state index is 12.6. The van der Waals surface area contributed by atoms with Gasteiger partial charge in [-0.15, -0.1) is 0 Å². The molecule has 1 heterocycles. The van der Waals surface area contributed by atoms with Gasteiger partial charge in [-0.05, 0) is 94.5 Å². The first-order chi connectivity index (χ1) is 9.14. The molecule has 4 aliphatic carbocycles. The van der Waals surface area contributed by atoms with Gasteiger partial charge >= 0.3 is 0 Å². The van der Waals surface area contributed by atoms with Crippen molar-refractivity contribution in [2.75, 3.05) is 13.1 Å². The van der Waals surface area contributed by atoms with Crippen molar-refractivity contribution in [3.05, 3.63) is 0 Å². The quantitative estimate of drug-likeness (QED) is 0.827. The first-order valence-corrected chi connectivity index (χ1v) is 8.35. The molecule has 0 amide bonds. The predicted octanol–water partition coefficient (Wildman–Crippen LogP) is 3.16. The van der Waals surface area contributed by atoms with Gasteiger partial charge in [0.2, 0.25) is 0 Å². The molecule has 0 aromatic rings. The molecule has 0 aromatic heterocycles. The van der Waals surface area contributed by atoms with E-state index in [-0.39, 0.29) is 5.41 Å². The summed E-state index contributed by atoms with van der Waals surface area (Å²) in [7, 11) is 0. The van der Waals surface area contributed by atoms with E-state index in [0.29, 0.717) is 11.2 Å². The van der Waals surface area contributed by atoms with Crippen molar-refractivity contribution < 1.29 is 4.79 Å². The van der Waals surface area contributed by atoms with Gasteiger partial charge in [-0.3, -0.25) is 4.79 Å². The van der Waals surface area contributed by atoms with Crippen LogP contribution in [0.1, 0.15) is 58.3 Å². The summed E-state index contributed by atoms with van der Waals surface area (Å²) in [5.41, 5.74) is 0.434. The van der Waals surface area contributed by atoms with Crippen LogP contribution in [0.25, 0.3) is 0 Å². The molecule has 5 rings (SSSR count). The van der Waals surface area contributed by atoms with Crippen molar-refractivity contribution in [2.45, 2.75) is 58.3 Å². The molecule has 19 heavy (non-hydrogen) atoms. The number of hydrogen-bond acceptors (Lipinski definition) is 2. The van der Waals surface area contributed by atoms with Crippen LogP contribution in [0.2, 0.25) is 0 Å². The van der Waals surface area contributed by atoms with Gasteiger partial charge < -0.3 is 5.32 Å². The molecule has 4 saturated carbocycles. The van der Waals surface area contributed by atoms with Gasteiger partial charge in [0, 0.05) is 5.41 Å². The van der Waals surface area contributed by atoms with Crippen LogP contribution in [-0.4, -0.2) is 18.9 Å². The fraction of sp³-hybridized carbons (Fsp3) is 0.941. The van der Waals surface area contributed by atoms with Crippen molar-refractivity contribution in [3.63, 3.8) is 0 Å². The van der Waals surface area contributed by atoms with Crippen molar-refractivity contribution in [1.82, 2.24) is 5.32 Å². The number of piperidine rings is 1. The van der Waals surface area contributed by atoms with E-state index in [1.165, 1.54) is 38.5 Å². The van der Waals surface area contributed by atoms with Crippen LogP contribution in [-0.2, 0) is 4.79 Å². The predicted molar refractivity (Wildman–Crippen MR) is 75.8 cm³/mol. The van der Waals surface area contributed by atoms with Crippen molar-refractivity contribution in [3.8, 4) is 0 Å². The Bertz CT molecular complexity index is 359. The van der Waals surface area contributed by atoms with Crippen molar-refractivity contribution in [1.29, 1.82) is 0 Å². The molecule has 0 aromatic carbocycles. The van der Waals surface area contributed by atoms with Crippen LogP contribution in [0.4, 0.5) is 0 Å². The third kappa shape index (κ3) is 1.62. The topological polar surface area (TPSA) is 29.1 Å². The molecular formula is C17H27NO. The average Bonchev–Trinajstić information content (AvgIpc) is 2.37. The summed E-state index contributed by atoms with van der Waals surface area (Å²) in [5, 5.41) is 3.47. The Morgan fingerprint density at radius 2 is 1.42 bits per heavy atom. The van der Waals surface area contributed by atoms with Gasteiger partial charge in [0.05, 0.1) is 0 Å². The van der Waals surface area contributed by atoms with Crippen LogP contribution >= 0.6 is 0 Å². The van der Waals surface area contributed by atoms with E-state index in [1.807, 2.05) is 6.92 Å². The van der Waals surface area contributed by atoms with E-state index in [1.54, 1.807) is 0 Å². The van der Waals surface area contributed by atoms with Gasteiger partial charge in [-0.2, -0.15) is 0 Å². The molecule has 1 aliphatic heterocycles. The minimum atomic E-state index is 0.0360. The fourth-order valence-electron chi connectivity index (χ4n) is 6.81. The highest BCUT2D eigenvalue weighted by molar-refractivity contribution is 5.83. The van der Waals surface area contributed by atoms with Crippen LogP contribution in [0.15, 0.2) is 0 Å². The molecule has 1 N–H and O–H groups in total. The number of rotatable bonds is 2. The first-order valence-electron chi connectivity index (χ1n) is 8.35. The number of carbonyl (C=O) groups excluding carboxylic acids is 1. The van der Waals surface area contributed by atoms with Crippen LogP contribution in [0, 0.1) is 28.6 Å². The highest BCUT2D eigenvalue weighted by atomic mass is 16.1. The van der Waals surface area contributed by atoms with E-state index < -0.39 is 0 Å². The van der Waals surface area contributed by atoms with Crippen LogP contribution in [0.3, 0.4) is 0 Å². The summed E-state index contributed by atoms with van der Waals surface area (Å²) < 4.78 is 0. The molecule has 0 radical (unpaired) electrons. The smallest absolute Gasteiger partial charge is 0.136 e. The Morgan fingerprint density at radius 3 is 1.84 bits per heavy atom. The Balaban J connectivity index is 1.74. The molecule has 0 spiro atoms. The average molecular weight is 261 g/mol. The lowest BCUT2D eigenvalue weighted by atomic mass is 9.40. The molecule has 2 heteroatoms. The van der Waals surface area contributed by atoms with E-state index >= 15 is 0 Å². The maximum absolute atomic E-state index is 12.6. The molecule has 0 atom stereocenters. The lowest BCUT2D eigenvalue weighted by molar-refractivity contribution is -0.164. The number of Topliss-reactive ketones (excluding diaryl/α,β-unsaturated/α-hetero) is 1. The highest BCUT2D eigenvalue weighted by Gasteiger charge is 2.61. The molecule has 5 aliphatic rings. The molecular weight excluding hydrogens is 234 g/mol. The van der Waals surface area contributed by atoms with Gasteiger partial charge in [-0.25, -0.2) is 0 Å². The van der Waals surface area contributed by atoms with E-state index in [0.717, 1.165) is 43.7 Å². The van der Waals surface area contributed by atoms with Crippen molar-refractivity contribution in [2.24, 2.45) is 28.6 Å². The standard InChI is InChI=1S/C17H27NO/c1-12(19)17(2-4-18-5-3-17)16-9-13-6-14(10-16)8-15(7-13)11-16/h13-15,18H,2-11H2,1H3. The molecule has 0 unspecified atom stereocenters. The Hall–Kier alpha value is -0.370. The van der Waals surface area contributed by atoms with Gasteiger partial charge in [0.1, 0.15) is 5.78 Å². The first kappa shape index (κ1) is 12.4. The highest BCUT2D eigenvalue weighted by Crippen LogP contribution is 2.68. The van der Waals surface area contributed by atoms with E-state index in [4.69, 9.17) is 0 Å². The minimum Gasteiger partial charge on any atom is -0.317 e. The zero-order valence-electron chi connectivity index (χ0n) is 12.2. The van der Waals surface area contributed by atoms with Crippen LogP contribution in [0.5, 0.6) is 0 Å². The normalized spacial score (nSPS) is 47.3. The lowest BCUT2D eigenvalue weighted by Gasteiger charge is -2.64. The summed E-state index contributed by atoms with van der Waals surface area (Å²) in [6.07, 6.45) is 10.8. The molecule has 1 saturated heterocycles. The molecule has 2 nitrogen and oxygen atoms in total. The maximum Gasteiger partial charge on any atom is 0.136 e. The van der Waals surface area contributed by atoms with Gasteiger partial charge in [0.25, 0.3) is 0 Å². The fourth-order valence-corrected chi connectivity index (χ4v) is 6.81. The zero-order chi connectivity index (χ0) is 13.1. The summed E-state index contributed by atoms with van der Waals surface area (Å²) in [6, 6.07) is 0. The molecule has 5 fully saturated rings. The number of ketones is 1. The van der Waals surface area contributed by atoms with Gasteiger partial charge in [-0.1, -0.05) is 0 Å². The monoisotopic (exact) mass is 261 g/mol. The number of nitrogens with one attached hydrogen (secondary N) is 1. The number of carbonyl (C=O) groups is 1. The second-order valence-electron chi connectivity index (χ2n) is 8.09. The molecule has 4 bridgehead atoms. The van der Waals surface area contributed by atoms with E-state index in [9.17, 15) is 4.79 Å². The Labute approximate surface area is 116 Å². The SMILES string of the molecule is CC(=O)C1(C23CC4CC(CC(C4)C2)C3)CCNCC1. The third-order valence-electron chi connectivity index (χ3n) is 7.18. The number of hydrogen-bond donors (Lipinski definition) is 1. The van der Waals surface area contributed by atoms with Crippen molar-refractivity contribution >= 4 is 5.78 Å².